The molecule has 1 aliphatic heterocycles. The van der Waals surface area contributed by atoms with Gasteiger partial charge in [0.15, 0.2) is 5.76 Å². The molecule has 0 amide bonds. The van der Waals surface area contributed by atoms with E-state index in [0.717, 1.165) is 26.2 Å². The van der Waals surface area contributed by atoms with Crippen molar-refractivity contribution in [2.24, 2.45) is 0 Å². The van der Waals surface area contributed by atoms with Crippen molar-refractivity contribution in [2.45, 2.75) is 20.4 Å². The number of hydrogen-bond acceptors (Lipinski definition) is 5. The Kier molecular flexibility index (Phi) is 4.39. The number of aryl methyl sites for hydroxylation is 2. The van der Waals surface area contributed by atoms with E-state index in [-0.39, 0.29) is 11.2 Å². The van der Waals surface area contributed by atoms with Crippen molar-refractivity contribution in [3.05, 3.63) is 57.6 Å². The highest BCUT2D eigenvalue weighted by atomic mass is 16.4. The Morgan fingerprint density at radius 3 is 2.39 bits per heavy atom. The monoisotopic (exact) mass is 314 g/mol. The molecule has 1 N–H and O–H groups in total. The van der Waals surface area contributed by atoms with Crippen LogP contribution >= 0.6 is 0 Å². The van der Waals surface area contributed by atoms with Crippen LogP contribution in [-0.4, -0.2) is 36.2 Å². The van der Waals surface area contributed by atoms with Crippen molar-refractivity contribution < 1.29 is 9.52 Å². The second kappa shape index (κ2) is 6.46. The summed E-state index contributed by atoms with van der Waals surface area (Å²) in [4.78, 5) is 16.2. The van der Waals surface area contributed by atoms with Gasteiger partial charge in [0.05, 0.1) is 6.54 Å². The zero-order valence-electron chi connectivity index (χ0n) is 13.6. The molecule has 3 rings (SSSR count). The highest BCUT2D eigenvalue weighted by Crippen LogP contribution is 2.20. The smallest absolute Gasteiger partial charge is 0.227 e. The topological polar surface area (TPSA) is 56.9 Å². The van der Waals surface area contributed by atoms with E-state index < -0.39 is 0 Å². The Hall–Kier alpha value is -2.27. The second-order valence-electron chi connectivity index (χ2n) is 6.09. The lowest BCUT2D eigenvalue weighted by Gasteiger charge is -2.35. The Bertz CT molecular complexity index is 729. The lowest BCUT2D eigenvalue weighted by Crippen LogP contribution is -2.46. The van der Waals surface area contributed by atoms with Gasteiger partial charge in [0.25, 0.3) is 0 Å². The molecular formula is C18H22N2O3. The van der Waals surface area contributed by atoms with Crippen LogP contribution in [0.25, 0.3) is 0 Å². The summed E-state index contributed by atoms with van der Waals surface area (Å²) in [7, 11) is 0. The van der Waals surface area contributed by atoms with E-state index in [1.54, 1.807) is 6.92 Å². The molecule has 2 heterocycles. The van der Waals surface area contributed by atoms with E-state index in [2.05, 4.69) is 41.0 Å². The van der Waals surface area contributed by atoms with Crippen LogP contribution in [0.1, 0.15) is 17.1 Å². The zero-order chi connectivity index (χ0) is 16.4. The minimum absolute atomic E-state index is 0.267. The number of rotatable bonds is 3. The van der Waals surface area contributed by atoms with Crippen LogP contribution in [0.5, 0.6) is 5.75 Å². The maximum Gasteiger partial charge on any atom is 0.227 e. The molecule has 2 aromatic rings. The van der Waals surface area contributed by atoms with Crippen LogP contribution in [-0.2, 0) is 6.54 Å². The summed E-state index contributed by atoms with van der Waals surface area (Å²) in [5.41, 5.74) is 2.12. The molecule has 23 heavy (non-hydrogen) atoms. The van der Waals surface area contributed by atoms with Crippen LogP contribution in [0.3, 0.4) is 0 Å². The highest BCUT2D eigenvalue weighted by molar-refractivity contribution is 5.47. The van der Waals surface area contributed by atoms with Gasteiger partial charge in [0.1, 0.15) is 5.76 Å². The molecule has 0 bridgehead atoms. The fourth-order valence-corrected chi connectivity index (χ4v) is 2.89. The zero-order valence-corrected chi connectivity index (χ0v) is 13.6. The normalized spacial score (nSPS) is 15.8. The molecule has 1 saturated heterocycles. The maximum atomic E-state index is 11.6. The fourth-order valence-electron chi connectivity index (χ4n) is 2.89. The minimum atomic E-state index is -0.373. The Balaban J connectivity index is 1.63. The van der Waals surface area contributed by atoms with Crippen molar-refractivity contribution in [2.75, 3.05) is 31.1 Å². The molecule has 122 valence electrons. The van der Waals surface area contributed by atoms with Gasteiger partial charge in [-0.3, -0.25) is 9.69 Å². The van der Waals surface area contributed by atoms with Crippen LogP contribution < -0.4 is 10.3 Å². The van der Waals surface area contributed by atoms with Gasteiger partial charge in [-0.25, -0.2) is 0 Å². The Morgan fingerprint density at radius 2 is 1.74 bits per heavy atom. The van der Waals surface area contributed by atoms with Crippen molar-refractivity contribution in [1.29, 1.82) is 0 Å². The molecule has 0 radical (unpaired) electrons. The molecule has 1 fully saturated rings. The standard InChI is InChI=1S/C18H22N2O3/c1-13-3-5-15(6-4-13)20-9-7-19(8-10-20)12-17-18(22)16(21)11-14(2)23-17/h3-6,11,22H,7-10,12H2,1-2H3. The molecule has 0 unspecified atom stereocenters. The summed E-state index contributed by atoms with van der Waals surface area (Å²) in [6, 6.07) is 9.86. The van der Waals surface area contributed by atoms with Gasteiger partial charge in [-0.1, -0.05) is 17.7 Å². The number of anilines is 1. The summed E-state index contributed by atoms with van der Waals surface area (Å²) in [6.45, 7) is 7.84. The Labute approximate surface area is 135 Å². The fraction of sp³-hybridized carbons (Fsp3) is 0.389. The molecule has 0 aliphatic carbocycles. The van der Waals surface area contributed by atoms with Gasteiger partial charge in [0, 0.05) is 37.9 Å². The minimum Gasteiger partial charge on any atom is -0.502 e. The first-order valence-corrected chi connectivity index (χ1v) is 7.89. The SMILES string of the molecule is Cc1ccc(N2CCN(Cc3oc(C)cc(=O)c3O)CC2)cc1. The molecule has 0 spiro atoms. The number of nitrogens with zero attached hydrogens (tertiary/aromatic N) is 2. The summed E-state index contributed by atoms with van der Waals surface area (Å²) in [5, 5.41) is 9.87. The van der Waals surface area contributed by atoms with E-state index in [1.807, 2.05) is 0 Å². The van der Waals surface area contributed by atoms with Crippen molar-refractivity contribution in [3.63, 3.8) is 0 Å². The van der Waals surface area contributed by atoms with Crippen LogP contribution in [0.2, 0.25) is 0 Å². The van der Waals surface area contributed by atoms with Crippen LogP contribution in [0, 0.1) is 13.8 Å². The van der Waals surface area contributed by atoms with Crippen molar-refractivity contribution in [1.82, 2.24) is 4.90 Å². The average Bonchev–Trinajstić information content (AvgIpc) is 2.54. The first kappa shape index (κ1) is 15.6. The molecular weight excluding hydrogens is 292 g/mol. The van der Waals surface area contributed by atoms with Crippen LogP contribution in [0.4, 0.5) is 5.69 Å². The van der Waals surface area contributed by atoms with Gasteiger partial charge in [-0.2, -0.15) is 0 Å². The molecule has 0 atom stereocenters. The molecule has 5 nitrogen and oxygen atoms in total. The van der Waals surface area contributed by atoms with E-state index in [1.165, 1.54) is 17.3 Å². The number of aromatic hydroxyl groups is 1. The van der Waals surface area contributed by atoms with Gasteiger partial charge in [-0.15, -0.1) is 0 Å². The molecule has 0 saturated carbocycles. The number of hydrogen-bond donors (Lipinski definition) is 1. The summed E-state index contributed by atoms with van der Waals surface area (Å²) in [5.74, 6) is 0.622. The second-order valence-corrected chi connectivity index (χ2v) is 6.09. The number of piperazine rings is 1. The van der Waals surface area contributed by atoms with E-state index >= 15 is 0 Å². The first-order valence-electron chi connectivity index (χ1n) is 7.89. The predicted octanol–water partition coefficient (Wildman–Crippen LogP) is 2.28. The number of benzene rings is 1. The van der Waals surface area contributed by atoms with E-state index in [0.29, 0.717) is 18.1 Å². The first-order chi connectivity index (χ1) is 11.0. The predicted molar refractivity (Wildman–Crippen MR) is 90.0 cm³/mol. The van der Waals surface area contributed by atoms with Crippen molar-refractivity contribution in [3.8, 4) is 5.75 Å². The van der Waals surface area contributed by atoms with Gasteiger partial charge in [0.2, 0.25) is 11.2 Å². The lowest BCUT2D eigenvalue weighted by molar-refractivity contribution is 0.220. The molecule has 5 heteroatoms. The highest BCUT2D eigenvalue weighted by Gasteiger charge is 2.20. The third-order valence-electron chi connectivity index (χ3n) is 4.25. The summed E-state index contributed by atoms with van der Waals surface area (Å²) >= 11 is 0. The van der Waals surface area contributed by atoms with Gasteiger partial charge < -0.3 is 14.4 Å². The quantitative estimate of drug-likeness (QED) is 0.942. The van der Waals surface area contributed by atoms with Gasteiger partial charge in [-0.05, 0) is 26.0 Å². The van der Waals surface area contributed by atoms with E-state index in [4.69, 9.17) is 4.42 Å². The van der Waals surface area contributed by atoms with E-state index in [9.17, 15) is 9.90 Å². The summed E-state index contributed by atoms with van der Waals surface area (Å²) in [6.07, 6.45) is 0. The summed E-state index contributed by atoms with van der Waals surface area (Å²) < 4.78 is 5.51. The van der Waals surface area contributed by atoms with Crippen LogP contribution in [0.15, 0.2) is 39.5 Å². The Morgan fingerprint density at radius 1 is 1.09 bits per heavy atom. The van der Waals surface area contributed by atoms with Gasteiger partial charge >= 0.3 is 0 Å². The average molecular weight is 314 g/mol. The molecule has 1 aromatic heterocycles. The maximum absolute atomic E-state index is 11.6. The molecule has 1 aromatic carbocycles. The lowest BCUT2D eigenvalue weighted by atomic mass is 10.2. The third-order valence-corrected chi connectivity index (χ3v) is 4.25. The third kappa shape index (κ3) is 3.56. The van der Waals surface area contributed by atoms with Crippen molar-refractivity contribution >= 4 is 5.69 Å². The molecule has 1 aliphatic rings. The largest absolute Gasteiger partial charge is 0.502 e.